The van der Waals surface area contributed by atoms with Crippen LogP contribution in [-0.4, -0.2) is 43.9 Å². The number of piperidine rings is 1. The molecule has 1 amide bonds. The molecule has 2 aliphatic rings. The molecule has 5 nitrogen and oxygen atoms in total. The number of amides is 1. The number of fused-ring (bicyclic) bond motifs is 1. The van der Waals surface area contributed by atoms with Crippen LogP contribution >= 0.6 is 0 Å². The van der Waals surface area contributed by atoms with Crippen LogP contribution in [0, 0.1) is 18.3 Å². The maximum atomic E-state index is 12.3. The number of terminal acetylenes is 1. The number of carbonyl (C=O) groups excluding carboxylic acids is 1. The summed E-state index contributed by atoms with van der Waals surface area (Å²) in [4.78, 5) is 14.2. The smallest absolute Gasteiger partial charge is 0.246 e. The van der Waals surface area contributed by atoms with E-state index in [1.165, 1.54) is 0 Å². The Labute approximate surface area is 142 Å². The lowest BCUT2D eigenvalue weighted by Gasteiger charge is -2.31. The van der Waals surface area contributed by atoms with Crippen molar-refractivity contribution in [3.8, 4) is 23.8 Å². The number of hydrogen-bond acceptors (Lipinski definition) is 4. The fourth-order valence-corrected chi connectivity index (χ4v) is 2.89. The van der Waals surface area contributed by atoms with Crippen molar-refractivity contribution in [3.63, 3.8) is 0 Å². The highest BCUT2D eigenvalue weighted by Crippen LogP contribution is 2.32. The topological polar surface area (TPSA) is 48.0 Å². The Bertz CT molecular complexity index is 654. The molecule has 126 valence electrons. The third kappa shape index (κ3) is 4.09. The van der Waals surface area contributed by atoms with Gasteiger partial charge in [0, 0.05) is 19.2 Å². The molecule has 0 aliphatic carbocycles. The average Bonchev–Trinajstić information content (AvgIpc) is 3.08. The Kier molecular flexibility index (Phi) is 5.39. The quantitative estimate of drug-likeness (QED) is 0.473. The molecule has 1 fully saturated rings. The lowest BCUT2D eigenvalue weighted by atomic mass is 9.98. The second-order valence-electron chi connectivity index (χ2n) is 5.93. The molecule has 3 rings (SSSR count). The summed E-state index contributed by atoms with van der Waals surface area (Å²) in [6.07, 6.45) is 10.5. The Morgan fingerprint density at radius 1 is 1.33 bits per heavy atom. The second-order valence-corrected chi connectivity index (χ2v) is 5.93. The van der Waals surface area contributed by atoms with E-state index in [2.05, 4.69) is 5.92 Å². The first-order valence-corrected chi connectivity index (χ1v) is 8.14. The lowest BCUT2D eigenvalue weighted by molar-refractivity contribution is -0.127. The molecule has 1 saturated heterocycles. The van der Waals surface area contributed by atoms with Gasteiger partial charge in [0.05, 0.1) is 6.61 Å². The molecule has 24 heavy (non-hydrogen) atoms. The minimum absolute atomic E-state index is 0.0376. The third-order valence-corrected chi connectivity index (χ3v) is 4.28. The van der Waals surface area contributed by atoms with Crippen molar-refractivity contribution >= 4 is 12.0 Å². The molecule has 0 unspecified atom stereocenters. The van der Waals surface area contributed by atoms with Gasteiger partial charge in [-0.15, -0.1) is 6.42 Å². The van der Waals surface area contributed by atoms with Gasteiger partial charge >= 0.3 is 0 Å². The molecule has 0 spiro atoms. The number of ether oxygens (including phenoxy) is 3. The number of hydrogen-bond donors (Lipinski definition) is 0. The van der Waals surface area contributed by atoms with Gasteiger partial charge in [0.25, 0.3) is 0 Å². The summed E-state index contributed by atoms with van der Waals surface area (Å²) >= 11 is 0. The van der Waals surface area contributed by atoms with Gasteiger partial charge in [-0.05, 0) is 42.5 Å². The van der Waals surface area contributed by atoms with E-state index >= 15 is 0 Å². The fourth-order valence-electron chi connectivity index (χ4n) is 2.89. The molecule has 1 aromatic carbocycles. The summed E-state index contributed by atoms with van der Waals surface area (Å²) < 4.78 is 16.0. The maximum absolute atomic E-state index is 12.3. The summed E-state index contributed by atoms with van der Waals surface area (Å²) in [5.41, 5.74) is 0.921. The van der Waals surface area contributed by atoms with Crippen LogP contribution in [0.3, 0.4) is 0 Å². The van der Waals surface area contributed by atoms with E-state index in [0.717, 1.165) is 43.0 Å². The van der Waals surface area contributed by atoms with Gasteiger partial charge in [-0.2, -0.15) is 0 Å². The number of likely N-dealkylation sites (tertiary alicyclic amines) is 1. The molecule has 0 radical (unpaired) electrons. The van der Waals surface area contributed by atoms with Crippen LogP contribution in [0.25, 0.3) is 6.08 Å². The van der Waals surface area contributed by atoms with Gasteiger partial charge < -0.3 is 19.1 Å². The summed E-state index contributed by atoms with van der Waals surface area (Å²) in [6.45, 7) is 2.81. The predicted octanol–water partition coefficient (Wildman–Crippen LogP) is 2.32. The molecule has 0 bridgehead atoms. The first-order valence-electron chi connectivity index (χ1n) is 8.14. The number of rotatable bonds is 5. The Hall–Kier alpha value is -2.45. The van der Waals surface area contributed by atoms with Gasteiger partial charge in [-0.3, -0.25) is 4.79 Å². The highest BCUT2D eigenvalue weighted by Gasteiger charge is 2.21. The lowest BCUT2D eigenvalue weighted by Crippen LogP contribution is -2.38. The van der Waals surface area contributed by atoms with Crippen molar-refractivity contribution in [2.45, 2.75) is 12.8 Å². The van der Waals surface area contributed by atoms with Crippen LogP contribution in [-0.2, 0) is 9.53 Å². The molecule has 0 N–H and O–H groups in total. The molecule has 2 heterocycles. The van der Waals surface area contributed by atoms with E-state index in [1.807, 2.05) is 29.2 Å². The zero-order valence-corrected chi connectivity index (χ0v) is 13.6. The molecule has 5 heteroatoms. The largest absolute Gasteiger partial charge is 0.454 e. The van der Waals surface area contributed by atoms with Crippen molar-refractivity contribution in [1.29, 1.82) is 0 Å². The van der Waals surface area contributed by atoms with Gasteiger partial charge in [0.1, 0.15) is 6.61 Å². The van der Waals surface area contributed by atoms with Crippen LogP contribution in [0.4, 0.5) is 0 Å². The van der Waals surface area contributed by atoms with E-state index in [4.69, 9.17) is 20.6 Å². The van der Waals surface area contributed by atoms with E-state index in [9.17, 15) is 4.79 Å². The van der Waals surface area contributed by atoms with E-state index in [0.29, 0.717) is 19.1 Å². The van der Waals surface area contributed by atoms with Crippen LogP contribution in [0.5, 0.6) is 11.5 Å². The number of nitrogens with zero attached hydrogens (tertiary/aromatic N) is 1. The van der Waals surface area contributed by atoms with Crippen LogP contribution in [0.2, 0.25) is 0 Å². The van der Waals surface area contributed by atoms with Crippen molar-refractivity contribution in [2.75, 3.05) is 33.1 Å². The van der Waals surface area contributed by atoms with Gasteiger partial charge in [-0.1, -0.05) is 12.0 Å². The van der Waals surface area contributed by atoms with Crippen molar-refractivity contribution < 1.29 is 19.0 Å². The molecule has 0 atom stereocenters. The Morgan fingerprint density at radius 2 is 2.12 bits per heavy atom. The minimum atomic E-state index is 0.0376. The fraction of sp³-hybridized carbons (Fsp3) is 0.421. The Morgan fingerprint density at radius 3 is 2.92 bits per heavy atom. The Balaban J connectivity index is 1.48. The number of carbonyl (C=O) groups is 1. The molecule has 0 aromatic heterocycles. The predicted molar refractivity (Wildman–Crippen MR) is 90.6 cm³/mol. The molecular weight excluding hydrogens is 306 g/mol. The third-order valence-electron chi connectivity index (χ3n) is 4.28. The van der Waals surface area contributed by atoms with Crippen molar-refractivity contribution in [2.24, 2.45) is 5.92 Å². The van der Waals surface area contributed by atoms with Gasteiger partial charge in [0.15, 0.2) is 11.5 Å². The van der Waals surface area contributed by atoms with Crippen LogP contribution in [0.15, 0.2) is 24.3 Å². The zero-order chi connectivity index (χ0) is 16.8. The second kappa shape index (κ2) is 7.89. The summed E-state index contributed by atoms with van der Waals surface area (Å²) in [7, 11) is 0. The molecule has 0 saturated carbocycles. The molecule has 2 aliphatic heterocycles. The standard InChI is InChI=1S/C19H21NO4/c1-2-11-22-13-16-7-9-20(10-8-16)19(21)6-4-15-3-5-17-18(12-15)24-14-23-17/h1,3-6,12,16H,7-11,13-14H2/b6-4+. The molecule has 1 aromatic rings. The SMILES string of the molecule is C#CCOCC1CCN(C(=O)/C=C/c2ccc3c(c2)OCO3)CC1. The highest BCUT2D eigenvalue weighted by atomic mass is 16.7. The van der Waals surface area contributed by atoms with Crippen molar-refractivity contribution in [3.05, 3.63) is 29.8 Å². The highest BCUT2D eigenvalue weighted by molar-refractivity contribution is 5.91. The van der Waals surface area contributed by atoms with E-state index in [1.54, 1.807) is 6.08 Å². The van der Waals surface area contributed by atoms with Gasteiger partial charge in [-0.25, -0.2) is 0 Å². The van der Waals surface area contributed by atoms with Crippen LogP contribution < -0.4 is 9.47 Å². The summed E-state index contributed by atoms with van der Waals surface area (Å²) in [6, 6.07) is 5.64. The first kappa shape index (κ1) is 16.4. The van der Waals surface area contributed by atoms with Crippen LogP contribution in [0.1, 0.15) is 18.4 Å². The maximum Gasteiger partial charge on any atom is 0.246 e. The van der Waals surface area contributed by atoms with E-state index < -0.39 is 0 Å². The number of benzene rings is 1. The summed E-state index contributed by atoms with van der Waals surface area (Å²) in [5, 5.41) is 0. The van der Waals surface area contributed by atoms with Crippen molar-refractivity contribution in [1.82, 2.24) is 4.90 Å². The van der Waals surface area contributed by atoms with Gasteiger partial charge in [0.2, 0.25) is 12.7 Å². The average molecular weight is 327 g/mol. The zero-order valence-electron chi connectivity index (χ0n) is 13.6. The first-order chi connectivity index (χ1) is 11.8. The normalized spacial score (nSPS) is 17.2. The van der Waals surface area contributed by atoms with E-state index in [-0.39, 0.29) is 12.7 Å². The monoisotopic (exact) mass is 327 g/mol. The molecular formula is C19H21NO4. The summed E-state index contributed by atoms with van der Waals surface area (Å²) in [5.74, 6) is 4.46. The minimum Gasteiger partial charge on any atom is -0.454 e.